The second-order valence-electron chi connectivity index (χ2n) is 4.17. The summed E-state index contributed by atoms with van der Waals surface area (Å²) in [5.74, 6) is 0. The molecule has 0 aliphatic rings. The molecule has 2 heterocycles. The number of anilines is 1. The summed E-state index contributed by atoms with van der Waals surface area (Å²) in [5.41, 5.74) is 4.31. The van der Waals surface area contributed by atoms with Crippen molar-refractivity contribution in [2.24, 2.45) is 0 Å². The molecule has 0 spiro atoms. The Morgan fingerprint density at radius 2 is 2.35 bits per heavy atom. The van der Waals surface area contributed by atoms with Crippen LogP contribution in [0.2, 0.25) is 0 Å². The molecule has 0 saturated carbocycles. The van der Waals surface area contributed by atoms with Crippen LogP contribution in [0.25, 0.3) is 5.52 Å². The summed E-state index contributed by atoms with van der Waals surface area (Å²) in [4.78, 5) is 0. The molecule has 17 heavy (non-hydrogen) atoms. The van der Waals surface area contributed by atoms with Gasteiger partial charge in [0.15, 0.2) is 0 Å². The van der Waals surface area contributed by atoms with Gasteiger partial charge in [-0.25, -0.2) is 4.52 Å². The van der Waals surface area contributed by atoms with Gasteiger partial charge in [-0.1, -0.05) is 6.58 Å². The van der Waals surface area contributed by atoms with Crippen LogP contribution in [0.4, 0.5) is 5.69 Å². The Kier molecular flexibility index (Phi) is 3.44. The van der Waals surface area contributed by atoms with Crippen LogP contribution in [-0.2, 0) is 0 Å². The van der Waals surface area contributed by atoms with Crippen molar-refractivity contribution in [3.8, 4) is 0 Å². The summed E-state index contributed by atoms with van der Waals surface area (Å²) in [5, 5.41) is 10.7. The average molecular weight is 230 g/mol. The second-order valence-corrected chi connectivity index (χ2v) is 4.17. The third-order valence-corrected chi connectivity index (χ3v) is 2.67. The highest BCUT2D eigenvalue weighted by Gasteiger charge is 2.04. The monoisotopic (exact) mass is 230 g/mol. The van der Waals surface area contributed by atoms with Crippen LogP contribution >= 0.6 is 0 Å². The van der Waals surface area contributed by atoms with E-state index in [9.17, 15) is 0 Å². The zero-order chi connectivity index (χ0) is 12.3. The smallest absolute Gasteiger partial charge is 0.0899 e. The van der Waals surface area contributed by atoms with Gasteiger partial charge >= 0.3 is 0 Å². The Balaban J connectivity index is 2.18. The number of aromatic nitrogens is 2. The maximum atomic E-state index is 4.29. The maximum Gasteiger partial charge on any atom is 0.0899 e. The quantitative estimate of drug-likeness (QED) is 0.827. The number of fused-ring (bicyclic) bond motifs is 1. The molecule has 90 valence electrons. The van der Waals surface area contributed by atoms with E-state index in [-0.39, 0.29) is 0 Å². The van der Waals surface area contributed by atoms with Gasteiger partial charge in [-0.2, -0.15) is 5.10 Å². The minimum absolute atomic E-state index is 0.902. The molecule has 2 N–H and O–H groups in total. The Labute approximate surface area is 101 Å². The molecule has 4 heteroatoms. The first kappa shape index (κ1) is 11.7. The van der Waals surface area contributed by atoms with Gasteiger partial charge in [-0.15, -0.1) is 0 Å². The van der Waals surface area contributed by atoms with Crippen molar-refractivity contribution in [1.29, 1.82) is 0 Å². The van der Waals surface area contributed by atoms with Crippen molar-refractivity contribution in [3.05, 3.63) is 42.4 Å². The van der Waals surface area contributed by atoms with Crippen LogP contribution in [0.5, 0.6) is 0 Å². The van der Waals surface area contributed by atoms with Gasteiger partial charge in [0, 0.05) is 18.4 Å². The van der Waals surface area contributed by atoms with Crippen molar-refractivity contribution in [2.75, 3.05) is 18.9 Å². The molecule has 4 nitrogen and oxygen atoms in total. The first-order valence-corrected chi connectivity index (χ1v) is 5.74. The van der Waals surface area contributed by atoms with Gasteiger partial charge in [0.25, 0.3) is 0 Å². The van der Waals surface area contributed by atoms with Crippen molar-refractivity contribution in [1.82, 2.24) is 14.9 Å². The minimum Gasteiger partial charge on any atom is -0.356 e. The SMILES string of the molecule is C=C(CCNC)Nc1cnn2ccc(C)cc12. The van der Waals surface area contributed by atoms with Gasteiger partial charge in [-0.3, -0.25) is 0 Å². The molecule has 0 aliphatic carbocycles. The molecule has 0 fully saturated rings. The fourth-order valence-corrected chi connectivity index (χ4v) is 1.71. The number of nitrogens with zero attached hydrogens (tertiary/aromatic N) is 2. The predicted octanol–water partition coefficient (Wildman–Crippen LogP) is 2.18. The van der Waals surface area contributed by atoms with Crippen LogP contribution in [0.3, 0.4) is 0 Å². The number of nitrogens with one attached hydrogen (secondary N) is 2. The topological polar surface area (TPSA) is 41.4 Å². The lowest BCUT2D eigenvalue weighted by Crippen LogP contribution is -2.11. The van der Waals surface area contributed by atoms with Crippen LogP contribution < -0.4 is 10.6 Å². The summed E-state index contributed by atoms with van der Waals surface area (Å²) in [6.07, 6.45) is 4.70. The summed E-state index contributed by atoms with van der Waals surface area (Å²) in [6, 6.07) is 4.15. The standard InChI is InChI=1S/C13H18N4/c1-10-5-7-17-13(8-10)12(9-15-17)16-11(2)4-6-14-3/h5,7-9,14,16H,2,4,6H2,1,3H3. The van der Waals surface area contributed by atoms with Crippen molar-refractivity contribution in [2.45, 2.75) is 13.3 Å². The Bertz CT molecular complexity index is 527. The van der Waals surface area contributed by atoms with E-state index in [4.69, 9.17) is 0 Å². The molecule has 0 aliphatic heterocycles. The van der Waals surface area contributed by atoms with Crippen LogP contribution in [0.15, 0.2) is 36.8 Å². The van der Waals surface area contributed by atoms with Crippen LogP contribution in [0.1, 0.15) is 12.0 Å². The highest BCUT2D eigenvalue weighted by molar-refractivity contribution is 5.73. The maximum absolute atomic E-state index is 4.29. The van der Waals surface area contributed by atoms with E-state index < -0.39 is 0 Å². The molecule has 0 unspecified atom stereocenters. The average Bonchev–Trinajstić information content (AvgIpc) is 2.69. The molecule has 0 radical (unpaired) electrons. The summed E-state index contributed by atoms with van der Waals surface area (Å²) in [6.45, 7) is 7.00. The van der Waals surface area contributed by atoms with Gasteiger partial charge < -0.3 is 10.6 Å². The first-order chi connectivity index (χ1) is 8.20. The third-order valence-electron chi connectivity index (χ3n) is 2.67. The van der Waals surface area contributed by atoms with Gasteiger partial charge in [0.2, 0.25) is 0 Å². The lowest BCUT2D eigenvalue weighted by atomic mass is 10.2. The van der Waals surface area contributed by atoms with Gasteiger partial charge in [0.1, 0.15) is 0 Å². The molecule has 0 aromatic carbocycles. The van der Waals surface area contributed by atoms with E-state index in [0.717, 1.165) is 29.9 Å². The van der Waals surface area contributed by atoms with Gasteiger partial charge in [-0.05, 0) is 38.1 Å². The summed E-state index contributed by atoms with van der Waals surface area (Å²) in [7, 11) is 1.94. The molecule has 2 aromatic rings. The van der Waals surface area contributed by atoms with E-state index in [2.05, 4.69) is 35.3 Å². The second kappa shape index (κ2) is 5.01. The van der Waals surface area contributed by atoms with Crippen molar-refractivity contribution < 1.29 is 0 Å². The number of hydrogen-bond donors (Lipinski definition) is 2. The zero-order valence-electron chi connectivity index (χ0n) is 10.3. The van der Waals surface area contributed by atoms with E-state index in [1.165, 1.54) is 5.56 Å². The largest absolute Gasteiger partial charge is 0.356 e. The molecule has 0 atom stereocenters. The molecule has 0 saturated heterocycles. The normalized spacial score (nSPS) is 10.7. The fourth-order valence-electron chi connectivity index (χ4n) is 1.71. The van der Waals surface area contributed by atoms with Crippen molar-refractivity contribution in [3.63, 3.8) is 0 Å². The lowest BCUT2D eigenvalue weighted by molar-refractivity contribution is 0.789. The predicted molar refractivity (Wildman–Crippen MR) is 71.2 cm³/mol. The molecule has 0 bridgehead atoms. The molecule has 0 amide bonds. The van der Waals surface area contributed by atoms with E-state index in [1.54, 1.807) is 0 Å². The highest BCUT2D eigenvalue weighted by Crippen LogP contribution is 2.19. The van der Waals surface area contributed by atoms with Crippen LogP contribution in [0, 0.1) is 6.92 Å². The highest BCUT2D eigenvalue weighted by atomic mass is 15.2. The third kappa shape index (κ3) is 2.65. The van der Waals surface area contributed by atoms with Crippen molar-refractivity contribution >= 4 is 11.2 Å². The van der Waals surface area contributed by atoms with Crippen LogP contribution in [-0.4, -0.2) is 23.2 Å². The minimum atomic E-state index is 0.902. The number of pyridine rings is 1. The summed E-state index contributed by atoms with van der Waals surface area (Å²) < 4.78 is 1.86. The molecular weight excluding hydrogens is 212 g/mol. The van der Waals surface area contributed by atoms with E-state index >= 15 is 0 Å². The zero-order valence-corrected chi connectivity index (χ0v) is 10.3. The molecule has 2 aromatic heterocycles. The van der Waals surface area contributed by atoms with Gasteiger partial charge in [0.05, 0.1) is 17.4 Å². The fraction of sp³-hybridized carbons (Fsp3) is 0.308. The Morgan fingerprint density at radius 3 is 3.12 bits per heavy atom. The number of hydrogen-bond acceptors (Lipinski definition) is 3. The Hall–Kier alpha value is -1.81. The summed E-state index contributed by atoms with van der Waals surface area (Å²) >= 11 is 0. The van der Waals surface area contributed by atoms with E-state index in [1.807, 2.05) is 30.0 Å². The van der Waals surface area contributed by atoms with E-state index in [0.29, 0.717) is 0 Å². The number of aryl methyl sites for hydroxylation is 1. The molecule has 2 rings (SSSR count). The lowest BCUT2D eigenvalue weighted by Gasteiger charge is -2.07. The number of rotatable bonds is 5. The molecular formula is C13H18N4. The first-order valence-electron chi connectivity index (χ1n) is 5.74. The Morgan fingerprint density at radius 1 is 1.53 bits per heavy atom.